The van der Waals surface area contributed by atoms with E-state index in [2.05, 4.69) is 33.8 Å². The Kier molecular flexibility index (Phi) is 3.88. The molecule has 3 nitrogen and oxygen atoms in total. The van der Waals surface area contributed by atoms with E-state index in [1.165, 1.54) is 29.1 Å². The molecule has 1 aliphatic rings. The topological polar surface area (TPSA) is 37.0 Å². The van der Waals surface area contributed by atoms with Crippen LogP contribution in [-0.4, -0.2) is 24.6 Å². The summed E-state index contributed by atoms with van der Waals surface area (Å²) in [6.45, 7) is 4.35. The highest BCUT2D eigenvalue weighted by atomic mass is 32.1. The summed E-state index contributed by atoms with van der Waals surface area (Å²) in [5.41, 5.74) is 1.12. The Morgan fingerprint density at radius 1 is 1.39 bits per heavy atom. The lowest BCUT2D eigenvalue weighted by atomic mass is 10.00. The molecular weight excluding hydrogens is 242 g/mol. The lowest BCUT2D eigenvalue weighted by Crippen LogP contribution is -2.35. The summed E-state index contributed by atoms with van der Waals surface area (Å²) in [6.07, 6.45) is 2.66. The van der Waals surface area contributed by atoms with Crippen LogP contribution in [0.15, 0.2) is 24.3 Å². The molecule has 96 valence electrons. The molecule has 2 aromatic rings. The summed E-state index contributed by atoms with van der Waals surface area (Å²) in [5, 5.41) is 8.19. The van der Waals surface area contributed by atoms with E-state index in [1.54, 1.807) is 11.3 Å². The molecule has 1 aromatic carbocycles. The maximum atomic E-state index is 4.64. The molecule has 0 aliphatic carbocycles. The minimum Gasteiger partial charge on any atom is -0.316 e. The molecule has 0 amide bonds. The fourth-order valence-corrected chi connectivity index (χ4v) is 3.41. The summed E-state index contributed by atoms with van der Waals surface area (Å²) in [6, 6.07) is 8.35. The summed E-state index contributed by atoms with van der Waals surface area (Å²) in [4.78, 5) is 4.64. The van der Waals surface area contributed by atoms with E-state index < -0.39 is 0 Å². The first-order valence-corrected chi connectivity index (χ1v) is 7.49. The van der Waals surface area contributed by atoms with E-state index in [1.807, 2.05) is 6.07 Å². The number of piperidine rings is 1. The second kappa shape index (κ2) is 5.78. The van der Waals surface area contributed by atoms with Gasteiger partial charge in [-0.25, -0.2) is 4.98 Å². The minimum absolute atomic E-state index is 0.785. The molecule has 1 unspecified atom stereocenters. The normalized spacial score (nSPS) is 20.3. The zero-order valence-corrected chi connectivity index (χ0v) is 11.3. The Labute approximate surface area is 112 Å². The molecular formula is C14H19N3S. The van der Waals surface area contributed by atoms with E-state index in [-0.39, 0.29) is 0 Å². The number of para-hydroxylation sites is 1. The van der Waals surface area contributed by atoms with Gasteiger partial charge < -0.3 is 10.6 Å². The first-order valence-electron chi connectivity index (χ1n) is 6.68. The van der Waals surface area contributed by atoms with Gasteiger partial charge in [0.2, 0.25) is 0 Å². The van der Waals surface area contributed by atoms with Crippen LogP contribution in [0.3, 0.4) is 0 Å². The van der Waals surface area contributed by atoms with E-state index in [0.29, 0.717) is 0 Å². The molecule has 1 saturated heterocycles. The number of benzene rings is 1. The fourth-order valence-electron chi connectivity index (χ4n) is 2.48. The Balaban J connectivity index is 1.53. The molecule has 1 atom stereocenters. The molecule has 3 rings (SSSR count). The van der Waals surface area contributed by atoms with Crippen LogP contribution in [0.4, 0.5) is 0 Å². The van der Waals surface area contributed by atoms with Crippen LogP contribution in [0.25, 0.3) is 10.2 Å². The first-order chi connectivity index (χ1) is 8.92. The van der Waals surface area contributed by atoms with Gasteiger partial charge in [0.25, 0.3) is 0 Å². The molecule has 1 aliphatic heterocycles. The first kappa shape index (κ1) is 12.1. The molecule has 0 spiro atoms. The molecule has 0 bridgehead atoms. The monoisotopic (exact) mass is 261 g/mol. The second-order valence-electron chi connectivity index (χ2n) is 4.92. The number of hydrogen-bond donors (Lipinski definition) is 2. The van der Waals surface area contributed by atoms with Crippen molar-refractivity contribution in [3.63, 3.8) is 0 Å². The lowest BCUT2D eigenvalue weighted by molar-refractivity contribution is 0.360. The van der Waals surface area contributed by atoms with Crippen molar-refractivity contribution in [2.24, 2.45) is 5.92 Å². The van der Waals surface area contributed by atoms with Crippen molar-refractivity contribution in [1.82, 2.24) is 15.6 Å². The smallest absolute Gasteiger partial charge is 0.108 e. The third-order valence-corrected chi connectivity index (χ3v) is 4.48. The number of thiazole rings is 1. The van der Waals surface area contributed by atoms with Crippen LogP contribution in [0.5, 0.6) is 0 Å². The standard InChI is InChI=1S/C14H19N3S/c1-2-6-13-12(5-1)17-14(18-13)10-16-9-11-4-3-7-15-8-11/h1-2,5-6,11,15-16H,3-4,7-10H2. The molecule has 0 radical (unpaired) electrons. The van der Waals surface area contributed by atoms with Gasteiger partial charge in [-0.1, -0.05) is 12.1 Å². The average Bonchev–Trinajstić information content (AvgIpc) is 2.82. The molecule has 2 N–H and O–H groups in total. The molecule has 1 aromatic heterocycles. The zero-order chi connectivity index (χ0) is 12.2. The van der Waals surface area contributed by atoms with Gasteiger partial charge in [-0.3, -0.25) is 0 Å². The third-order valence-electron chi connectivity index (χ3n) is 3.45. The lowest BCUT2D eigenvalue weighted by Gasteiger charge is -2.22. The molecule has 18 heavy (non-hydrogen) atoms. The van der Waals surface area contributed by atoms with Crippen LogP contribution in [0.2, 0.25) is 0 Å². The van der Waals surface area contributed by atoms with Gasteiger partial charge in [0.1, 0.15) is 5.01 Å². The van der Waals surface area contributed by atoms with Crippen molar-refractivity contribution in [2.75, 3.05) is 19.6 Å². The van der Waals surface area contributed by atoms with Crippen LogP contribution in [-0.2, 0) is 6.54 Å². The molecule has 0 saturated carbocycles. The van der Waals surface area contributed by atoms with Crippen molar-refractivity contribution in [3.05, 3.63) is 29.3 Å². The molecule has 2 heterocycles. The van der Waals surface area contributed by atoms with E-state index in [0.717, 1.165) is 31.1 Å². The summed E-state index contributed by atoms with van der Waals surface area (Å²) in [7, 11) is 0. The quantitative estimate of drug-likeness (QED) is 0.887. The highest BCUT2D eigenvalue weighted by Gasteiger charge is 2.12. The molecule has 4 heteroatoms. The summed E-state index contributed by atoms with van der Waals surface area (Å²) in [5.74, 6) is 0.785. The average molecular weight is 261 g/mol. The Morgan fingerprint density at radius 3 is 3.17 bits per heavy atom. The number of rotatable bonds is 4. The van der Waals surface area contributed by atoms with Gasteiger partial charge in [0.15, 0.2) is 0 Å². The third kappa shape index (κ3) is 2.88. The number of fused-ring (bicyclic) bond motifs is 1. The molecule has 1 fully saturated rings. The van der Waals surface area contributed by atoms with Crippen LogP contribution < -0.4 is 10.6 Å². The number of nitrogens with one attached hydrogen (secondary N) is 2. The van der Waals surface area contributed by atoms with Gasteiger partial charge in [0.05, 0.1) is 10.2 Å². The van der Waals surface area contributed by atoms with E-state index in [9.17, 15) is 0 Å². The van der Waals surface area contributed by atoms with Gasteiger partial charge >= 0.3 is 0 Å². The van der Waals surface area contributed by atoms with Gasteiger partial charge in [-0.15, -0.1) is 11.3 Å². The van der Waals surface area contributed by atoms with Crippen LogP contribution >= 0.6 is 11.3 Å². The summed E-state index contributed by atoms with van der Waals surface area (Å²) >= 11 is 1.79. The fraction of sp³-hybridized carbons (Fsp3) is 0.500. The minimum atomic E-state index is 0.785. The summed E-state index contributed by atoms with van der Waals surface area (Å²) < 4.78 is 1.29. The van der Waals surface area contributed by atoms with Crippen molar-refractivity contribution >= 4 is 21.6 Å². The second-order valence-corrected chi connectivity index (χ2v) is 6.03. The Bertz CT molecular complexity index is 469. The van der Waals surface area contributed by atoms with Crippen molar-refractivity contribution < 1.29 is 0 Å². The van der Waals surface area contributed by atoms with Crippen LogP contribution in [0, 0.1) is 5.92 Å². The van der Waals surface area contributed by atoms with Crippen molar-refractivity contribution in [3.8, 4) is 0 Å². The Hall–Kier alpha value is -0.970. The van der Waals surface area contributed by atoms with Crippen molar-refractivity contribution in [2.45, 2.75) is 19.4 Å². The number of nitrogens with zero attached hydrogens (tertiary/aromatic N) is 1. The van der Waals surface area contributed by atoms with Crippen LogP contribution in [0.1, 0.15) is 17.8 Å². The predicted octanol–water partition coefficient (Wildman–Crippen LogP) is 2.39. The maximum absolute atomic E-state index is 4.64. The van der Waals surface area contributed by atoms with Crippen molar-refractivity contribution in [1.29, 1.82) is 0 Å². The number of hydrogen-bond acceptors (Lipinski definition) is 4. The highest BCUT2D eigenvalue weighted by molar-refractivity contribution is 7.18. The highest BCUT2D eigenvalue weighted by Crippen LogP contribution is 2.21. The van der Waals surface area contributed by atoms with Gasteiger partial charge in [-0.2, -0.15) is 0 Å². The predicted molar refractivity (Wildman–Crippen MR) is 76.9 cm³/mol. The van der Waals surface area contributed by atoms with Gasteiger partial charge in [-0.05, 0) is 50.5 Å². The SMILES string of the molecule is c1ccc2sc(CNCC3CCCNC3)nc2c1. The largest absolute Gasteiger partial charge is 0.316 e. The van der Waals surface area contributed by atoms with E-state index >= 15 is 0 Å². The van der Waals surface area contributed by atoms with E-state index in [4.69, 9.17) is 0 Å². The maximum Gasteiger partial charge on any atom is 0.108 e. The zero-order valence-electron chi connectivity index (χ0n) is 10.5. The number of aromatic nitrogens is 1. The Morgan fingerprint density at radius 2 is 2.33 bits per heavy atom. The van der Waals surface area contributed by atoms with Gasteiger partial charge in [0, 0.05) is 6.54 Å².